The lowest BCUT2D eigenvalue weighted by Crippen LogP contribution is -2.44. The number of carbonyl (C=O) groups is 1. The second-order valence-corrected chi connectivity index (χ2v) is 8.31. The number of piperidine rings is 1. The Labute approximate surface area is 150 Å². The molecule has 1 saturated heterocycles. The van der Waals surface area contributed by atoms with E-state index in [2.05, 4.69) is 27.5 Å². The Kier molecular flexibility index (Phi) is 4.80. The largest absolute Gasteiger partial charge is 0.331 e. The molecule has 25 heavy (non-hydrogen) atoms. The Morgan fingerprint density at radius 2 is 1.64 bits per heavy atom. The molecular formula is C19H31N5O. The van der Waals surface area contributed by atoms with E-state index in [1.165, 1.54) is 12.8 Å². The molecule has 2 heterocycles. The van der Waals surface area contributed by atoms with Crippen molar-refractivity contribution >= 4 is 5.91 Å². The molecule has 1 amide bonds. The van der Waals surface area contributed by atoms with Gasteiger partial charge in [0.05, 0.1) is 11.7 Å². The van der Waals surface area contributed by atoms with Gasteiger partial charge in [-0.15, -0.1) is 5.10 Å². The van der Waals surface area contributed by atoms with Crippen LogP contribution < -0.4 is 5.32 Å². The highest BCUT2D eigenvalue weighted by atomic mass is 16.2. The molecule has 0 aromatic carbocycles. The molecule has 0 spiro atoms. The Bertz CT molecular complexity index is 609. The lowest BCUT2D eigenvalue weighted by Gasteiger charge is -2.36. The number of amides is 1. The number of nitrogens with zero attached hydrogens (tertiary/aromatic N) is 4. The zero-order chi connectivity index (χ0) is 17.4. The maximum Gasteiger partial charge on any atom is 0.276 e. The normalized spacial score (nSPS) is 28.1. The molecule has 2 aliphatic carbocycles. The minimum absolute atomic E-state index is 0.125. The van der Waals surface area contributed by atoms with Crippen LogP contribution in [0, 0.1) is 12.8 Å². The number of hydrogen-bond acceptors (Lipinski definition) is 4. The summed E-state index contributed by atoms with van der Waals surface area (Å²) in [6.45, 7) is 6.38. The highest BCUT2D eigenvalue weighted by molar-refractivity contribution is 5.94. The Morgan fingerprint density at radius 3 is 2.24 bits per heavy atom. The van der Waals surface area contributed by atoms with Gasteiger partial charge in [0.2, 0.25) is 0 Å². The molecule has 0 unspecified atom stereocenters. The first-order chi connectivity index (χ1) is 12.1. The molecule has 6 nitrogen and oxygen atoms in total. The summed E-state index contributed by atoms with van der Waals surface area (Å²) in [5, 5.41) is 12.1. The molecule has 3 aliphatic rings. The second-order valence-electron chi connectivity index (χ2n) is 8.31. The number of nitrogens with one attached hydrogen (secondary N) is 1. The van der Waals surface area contributed by atoms with Gasteiger partial charge in [0.25, 0.3) is 5.91 Å². The van der Waals surface area contributed by atoms with Gasteiger partial charge in [0.15, 0.2) is 5.69 Å². The van der Waals surface area contributed by atoms with Crippen LogP contribution in [0.4, 0.5) is 0 Å². The summed E-state index contributed by atoms with van der Waals surface area (Å²) in [7, 11) is 0. The quantitative estimate of drug-likeness (QED) is 0.911. The zero-order valence-corrected chi connectivity index (χ0v) is 15.6. The van der Waals surface area contributed by atoms with Crippen LogP contribution in [0.25, 0.3) is 0 Å². The fraction of sp³-hybridized carbons (Fsp3) is 0.842. The van der Waals surface area contributed by atoms with E-state index in [1.54, 1.807) is 0 Å². The predicted octanol–water partition coefficient (Wildman–Crippen LogP) is 2.69. The van der Waals surface area contributed by atoms with Crippen molar-refractivity contribution in [3.8, 4) is 0 Å². The number of carbonyl (C=O) groups excluding carboxylic acids is 1. The highest BCUT2D eigenvalue weighted by Gasteiger charge is 2.40. The van der Waals surface area contributed by atoms with E-state index >= 15 is 0 Å². The van der Waals surface area contributed by atoms with Crippen molar-refractivity contribution in [2.75, 3.05) is 13.1 Å². The maximum atomic E-state index is 13.3. The van der Waals surface area contributed by atoms with Gasteiger partial charge in [-0.2, -0.15) is 0 Å². The molecule has 6 heteroatoms. The van der Waals surface area contributed by atoms with Gasteiger partial charge >= 0.3 is 0 Å². The van der Waals surface area contributed by atoms with E-state index in [0.717, 1.165) is 63.2 Å². The Balaban J connectivity index is 1.53. The van der Waals surface area contributed by atoms with Gasteiger partial charge in [-0.05, 0) is 77.3 Å². The van der Waals surface area contributed by atoms with Crippen molar-refractivity contribution in [3.05, 3.63) is 11.4 Å². The third kappa shape index (κ3) is 3.46. The Hall–Kier alpha value is -1.43. The average molecular weight is 345 g/mol. The SMILES string of the molecule is Cc1c(C(=O)N(C2CCC(C)CC2)C2CC2)nnn1C1CCNCC1. The standard InChI is InChI=1S/C19H31N5O/c1-13-3-5-15(6-4-13)23(16-7-8-16)19(25)18-14(2)24(22-21-18)17-9-11-20-12-10-17/h13,15-17,20H,3-12H2,1-2H3. The number of hydrogen-bond donors (Lipinski definition) is 1. The minimum atomic E-state index is 0.125. The first-order valence-corrected chi connectivity index (χ1v) is 10.1. The summed E-state index contributed by atoms with van der Waals surface area (Å²) in [6, 6.07) is 1.22. The predicted molar refractivity (Wildman–Crippen MR) is 96.5 cm³/mol. The van der Waals surface area contributed by atoms with Crippen molar-refractivity contribution in [1.82, 2.24) is 25.2 Å². The average Bonchev–Trinajstić information content (AvgIpc) is 3.39. The van der Waals surface area contributed by atoms with E-state index < -0.39 is 0 Å². The third-order valence-electron chi connectivity index (χ3n) is 6.34. The van der Waals surface area contributed by atoms with Gasteiger partial charge in [-0.3, -0.25) is 4.79 Å². The van der Waals surface area contributed by atoms with E-state index in [4.69, 9.17) is 0 Å². The summed E-state index contributed by atoms with van der Waals surface area (Å²) in [6.07, 6.45) is 9.19. The van der Waals surface area contributed by atoms with Crippen LogP contribution in [0.2, 0.25) is 0 Å². The fourth-order valence-electron chi connectivity index (χ4n) is 4.56. The molecule has 1 aromatic heterocycles. The summed E-state index contributed by atoms with van der Waals surface area (Å²) in [4.78, 5) is 15.5. The van der Waals surface area contributed by atoms with Crippen LogP contribution in [0.3, 0.4) is 0 Å². The van der Waals surface area contributed by atoms with Crippen LogP contribution in [-0.4, -0.2) is 51.0 Å². The lowest BCUT2D eigenvalue weighted by molar-refractivity contribution is 0.0586. The van der Waals surface area contributed by atoms with Crippen molar-refractivity contribution in [2.24, 2.45) is 5.92 Å². The fourth-order valence-corrected chi connectivity index (χ4v) is 4.56. The second kappa shape index (κ2) is 7.06. The van der Waals surface area contributed by atoms with E-state index in [0.29, 0.717) is 23.8 Å². The monoisotopic (exact) mass is 345 g/mol. The molecule has 1 aliphatic heterocycles. The van der Waals surface area contributed by atoms with E-state index in [1.807, 2.05) is 11.6 Å². The van der Waals surface area contributed by atoms with E-state index in [9.17, 15) is 4.79 Å². The highest BCUT2D eigenvalue weighted by Crippen LogP contribution is 2.36. The van der Waals surface area contributed by atoms with Gasteiger partial charge in [-0.25, -0.2) is 4.68 Å². The van der Waals surface area contributed by atoms with Crippen LogP contribution in [-0.2, 0) is 0 Å². The molecular weight excluding hydrogens is 314 g/mol. The molecule has 1 N–H and O–H groups in total. The van der Waals surface area contributed by atoms with Gasteiger partial charge in [-0.1, -0.05) is 12.1 Å². The molecule has 138 valence electrons. The summed E-state index contributed by atoms with van der Waals surface area (Å²) in [5.41, 5.74) is 1.54. The summed E-state index contributed by atoms with van der Waals surface area (Å²) >= 11 is 0. The first-order valence-electron chi connectivity index (χ1n) is 10.1. The smallest absolute Gasteiger partial charge is 0.276 e. The number of rotatable bonds is 4. The van der Waals surface area contributed by atoms with Crippen molar-refractivity contribution in [1.29, 1.82) is 0 Å². The van der Waals surface area contributed by atoms with Gasteiger partial charge < -0.3 is 10.2 Å². The van der Waals surface area contributed by atoms with E-state index in [-0.39, 0.29) is 5.91 Å². The van der Waals surface area contributed by atoms with Crippen molar-refractivity contribution in [2.45, 2.75) is 83.3 Å². The Morgan fingerprint density at radius 1 is 1.04 bits per heavy atom. The van der Waals surface area contributed by atoms with Crippen LogP contribution in [0.1, 0.15) is 80.5 Å². The van der Waals surface area contributed by atoms with Crippen LogP contribution >= 0.6 is 0 Å². The minimum Gasteiger partial charge on any atom is -0.331 e. The summed E-state index contributed by atoms with van der Waals surface area (Å²) in [5.74, 6) is 0.926. The first kappa shape index (κ1) is 17.0. The van der Waals surface area contributed by atoms with Crippen molar-refractivity contribution < 1.29 is 4.79 Å². The van der Waals surface area contributed by atoms with Crippen molar-refractivity contribution in [3.63, 3.8) is 0 Å². The molecule has 0 bridgehead atoms. The molecule has 1 aromatic rings. The summed E-state index contributed by atoms with van der Waals surface area (Å²) < 4.78 is 2.00. The third-order valence-corrected chi connectivity index (χ3v) is 6.34. The lowest BCUT2D eigenvalue weighted by atomic mass is 9.86. The molecule has 0 atom stereocenters. The molecule has 3 fully saturated rings. The zero-order valence-electron chi connectivity index (χ0n) is 15.6. The molecule has 2 saturated carbocycles. The van der Waals surface area contributed by atoms with Gasteiger partial charge in [0, 0.05) is 12.1 Å². The molecule has 0 radical (unpaired) electrons. The molecule has 4 rings (SSSR count). The topological polar surface area (TPSA) is 63.1 Å². The van der Waals surface area contributed by atoms with Crippen LogP contribution in [0.5, 0.6) is 0 Å². The van der Waals surface area contributed by atoms with Crippen LogP contribution in [0.15, 0.2) is 0 Å². The van der Waals surface area contributed by atoms with Gasteiger partial charge in [0.1, 0.15) is 0 Å². The number of aromatic nitrogens is 3. The maximum absolute atomic E-state index is 13.3.